The number of carbonyl (C=O) groups is 1. The number of nitrogens with one attached hydrogen (secondary N) is 1. The van der Waals surface area contributed by atoms with Crippen molar-refractivity contribution in [2.45, 2.75) is 24.3 Å². The number of H-pyrrole nitrogens is 1. The number of rotatable bonds is 5. The molecule has 7 heteroatoms. The first-order valence-electron chi connectivity index (χ1n) is 8.48. The monoisotopic (exact) mass is 396 g/mol. The molecule has 27 heavy (non-hydrogen) atoms. The van der Waals surface area contributed by atoms with Gasteiger partial charge in [-0.15, -0.1) is 10.2 Å². The number of hydrogen-bond acceptors (Lipinski definition) is 4. The van der Waals surface area contributed by atoms with Crippen molar-refractivity contribution in [1.29, 1.82) is 0 Å². The number of thioether (sulfide) groups is 1. The zero-order chi connectivity index (χ0) is 19.0. The molecule has 0 aliphatic carbocycles. The minimum atomic E-state index is -0.315. The van der Waals surface area contributed by atoms with Crippen molar-refractivity contribution in [3.05, 3.63) is 71.1 Å². The van der Waals surface area contributed by atoms with Crippen LogP contribution in [0, 0.1) is 6.92 Å². The van der Waals surface area contributed by atoms with Crippen molar-refractivity contribution in [2.75, 3.05) is 0 Å². The van der Waals surface area contributed by atoms with E-state index in [1.807, 2.05) is 66.9 Å². The van der Waals surface area contributed by atoms with Gasteiger partial charge in [-0.05, 0) is 38.1 Å². The molecule has 0 amide bonds. The molecule has 0 radical (unpaired) electrons. The first kappa shape index (κ1) is 17.8. The van der Waals surface area contributed by atoms with E-state index in [1.165, 1.54) is 11.8 Å². The predicted octanol–water partition coefficient (Wildman–Crippen LogP) is 5.07. The first-order valence-corrected chi connectivity index (χ1v) is 9.74. The second-order valence-electron chi connectivity index (χ2n) is 6.26. The van der Waals surface area contributed by atoms with Crippen molar-refractivity contribution in [3.8, 4) is 5.69 Å². The topological polar surface area (TPSA) is 63.6 Å². The molecule has 0 saturated carbocycles. The Bertz CT molecular complexity index is 1130. The van der Waals surface area contributed by atoms with Crippen molar-refractivity contribution in [3.63, 3.8) is 0 Å². The van der Waals surface area contributed by atoms with Crippen LogP contribution in [-0.2, 0) is 0 Å². The second-order valence-corrected chi connectivity index (χ2v) is 8.00. The van der Waals surface area contributed by atoms with Gasteiger partial charge in [0.05, 0.1) is 10.9 Å². The molecule has 5 nitrogen and oxygen atoms in total. The summed E-state index contributed by atoms with van der Waals surface area (Å²) in [6, 6.07) is 15.3. The van der Waals surface area contributed by atoms with E-state index in [-0.39, 0.29) is 11.0 Å². The van der Waals surface area contributed by atoms with Gasteiger partial charge in [-0.25, -0.2) is 0 Å². The maximum Gasteiger partial charge on any atom is 0.196 e. The van der Waals surface area contributed by atoms with Gasteiger partial charge in [-0.1, -0.05) is 47.6 Å². The highest BCUT2D eigenvalue weighted by Crippen LogP contribution is 2.30. The maximum atomic E-state index is 13.1. The fraction of sp³-hybridized carbons (Fsp3) is 0.150. The zero-order valence-electron chi connectivity index (χ0n) is 14.8. The molecule has 0 spiro atoms. The normalized spacial score (nSPS) is 12.4. The molecule has 1 atom stereocenters. The molecule has 2 heterocycles. The molecule has 4 aromatic rings. The van der Waals surface area contributed by atoms with Crippen LogP contribution >= 0.6 is 23.4 Å². The van der Waals surface area contributed by atoms with Crippen LogP contribution in [0.25, 0.3) is 16.6 Å². The summed E-state index contributed by atoms with van der Waals surface area (Å²) in [7, 11) is 0. The van der Waals surface area contributed by atoms with Crippen molar-refractivity contribution >= 4 is 40.0 Å². The van der Waals surface area contributed by atoms with Gasteiger partial charge in [0.25, 0.3) is 0 Å². The second kappa shape index (κ2) is 7.21. The molecule has 0 aliphatic heterocycles. The summed E-state index contributed by atoms with van der Waals surface area (Å²) in [6.07, 6.45) is 1.63. The molecule has 2 aromatic heterocycles. The van der Waals surface area contributed by atoms with E-state index in [0.717, 1.165) is 27.8 Å². The van der Waals surface area contributed by atoms with Crippen LogP contribution in [0.2, 0.25) is 5.02 Å². The molecule has 4 rings (SSSR count). The van der Waals surface area contributed by atoms with Gasteiger partial charge < -0.3 is 4.98 Å². The Morgan fingerprint density at radius 3 is 2.85 bits per heavy atom. The largest absolute Gasteiger partial charge is 0.358 e. The Hall–Kier alpha value is -2.57. The van der Waals surface area contributed by atoms with Gasteiger partial charge in [-0.2, -0.15) is 0 Å². The van der Waals surface area contributed by atoms with Crippen molar-refractivity contribution in [1.82, 2.24) is 19.7 Å². The molecular formula is C20H17ClN4OS. The number of carbonyl (C=O) groups excluding carboxylic acids is 1. The number of nitrogens with zero attached hydrogens (tertiary/aromatic N) is 3. The third-order valence-electron chi connectivity index (χ3n) is 4.39. The third kappa shape index (κ3) is 3.38. The van der Waals surface area contributed by atoms with E-state index < -0.39 is 0 Å². The van der Waals surface area contributed by atoms with Crippen LogP contribution < -0.4 is 0 Å². The average Bonchev–Trinajstić information content (AvgIpc) is 3.24. The summed E-state index contributed by atoms with van der Waals surface area (Å²) >= 11 is 7.48. The van der Waals surface area contributed by atoms with E-state index in [0.29, 0.717) is 10.2 Å². The quantitative estimate of drug-likeness (QED) is 0.377. The lowest BCUT2D eigenvalue weighted by Crippen LogP contribution is -2.15. The Morgan fingerprint density at radius 1 is 1.22 bits per heavy atom. The summed E-state index contributed by atoms with van der Waals surface area (Å²) in [5.74, 6) is 0.0654. The molecule has 1 N–H and O–H groups in total. The van der Waals surface area contributed by atoms with E-state index in [2.05, 4.69) is 15.2 Å². The van der Waals surface area contributed by atoms with Gasteiger partial charge in [-0.3, -0.25) is 9.36 Å². The van der Waals surface area contributed by atoms with E-state index in [4.69, 9.17) is 11.6 Å². The van der Waals surface area contributed by atoms with Crippen LogP contribution in [0.1, 0.15) is 23.0 Å². The van der Waals surface area contributed by atoms with Crippen LogP contribution in [0.4, 0.5) is 0 Å². The van der Waals surface area contributed by atoms with Crippen molar-refractivity contribution in [2.24, 2.45) is 0 Å². The minimum absolute atomic E-state index is 0.0654. The number of aromatic amines is 1. The van der Waals surface area contributed by atoms with Gasteiger partial charge in [0.2, 0.25) is 0 Å². The Kier molecular flexibility index (Phi) is 4.76. The summed E-state index contributed by atoms with van der Waals surface area (Å²) in [6.45, 7) is 3.82. The number of para-hydroxylation sites is 1. The van der Waals surface area contributed by atoms with Crippen LogP contribution in [0.3, 0.4) is 0 Å². The van der Waals surface area contributed by atoms with Gasteiger partial charge in [0, 0.05) is 27.2 Å². The molecular weight excluding hydrogens is 380 g/mol. The molecule has 0 aliphatic rings. The predicted molar refractivity (Wildman–Crippen MR) is 109 cm³/mol. The van der Waals surface area contributed by atoms with E-state index in [9.17, 15) is 4.79 Å². The molecule has 136 valence electrons. The van der Waals surface area contributed by atoms with Crippen LogP contribution in [-0.4, -0.2) is 30.8 Å². The fourth-order valence-corrected chi connectivity index (χ4v) is 4.20. The zero-order valence-corrected chi connectivity index (χ0v) is 16.4. The average molecular weight is 397 g/mol. The highest BCUT2D eigenvalue weighted by molar-refractivity contribution is 8.00. The Labute approximate surface area is 165 Å². The Morgan fingerprint density at radius 2 is 2.04 bits per heavy atom. The number of ketones is 1. The summed E-state index contributed by atoms with van der Waals surface area (Å²) < 4.78 is 1.84. The molecule has 0 unspecified atom stereocenters. The highest BCUT2D eigenvalue weighted by Gasteiger charge is 2.24. The summed E-state index contributed by atoms with van der Waals surface area (Å²) in [5, 5.41) is 10.1. The molecule has 2 aromatic carbocycles. The number of halogens is 1. The smallest absolute Gasteiger partial charge is 0.196 e. The van der Waals surface area contributed by atoms with Crippen molar-refractivity contribution < 1.29 is 4.79 Å². The number of Topliss-reactive ketones (excluding diaryl/α,β-unsaturated/α-hetero) is 1. The highest BCUT2D eigenvalue weighted by atomic mass is 35.5. The lowest BCUT2D eigenvalue weighted by atomic mass is 10.1. The van der Waals surface area contributed by atoms with Crippen LogP contribution in [0.15, 0.2) is 60.0 Å². The summed E-state index contributed by atoms with van der Waals surface area (Å²) in [4.78, 5) is 16.4. The molecule has 0 saturated heterocycles. The lowest BCUT2D eigenvalue weighted by Gasteiger charge is -2.11. The van der Waals surface area contributed by atoms with E-state index in [1.54, 1.807) is 6.33 Å². The number of aryl methyl sites for hydroxylation is 1. The number of fused-ring (bicyclic) bond motifs is 1. The standard InChI is InChI=1S/C20H17ClN4OS/c1-12-18(16-8-3-4-9-17(16)23-12)19(26)13(2)27-20-24-22-11-25(20)15-7-5-6-14(21)10-15/h3-11,13,23H,1-2H3/t13-/m0/s1. The number of aromatic nitrogens is 4. The van der Waals surface area contributed by atoms with Crippen LogP contribution in [0.5, 0.6) is 0 Å². The minimum Gasteiger partial charge on any atom is -0.358 e. The van der Waals surface area contributed by atoms with E-state index >= 15 is 0 Å². The first-order chi connectivity index (χ1) is 13.0. The van der Waals surface area contributed by atoms with Gasteiger partial charge >= 0.3 is 0 Å². The number of benzene rings is 2. The lowest BCUT2D eigenvalue weighted by molar-refractivity contribution is 0.0995. The Balaban J connectivity index is 1.63. The summed E-state index contributed by atoms with van der Waals surface area (Å²) in [5.41, 5.74) is 3.44. The third-order valence-corrected chi connectivity index (χ3v) is 5.69. The fourth-order valence-electron chi connectivity index (χ4n) is 3.12. The number of hydrogen-bond donors (Lipinski definition) is 1. The van der Waals surface area contributed by atoms with Gasteiger partial charge in [0.1, 0.15) is 6.33 Å². The SMILES string of the molecule is Cc1[nH]c2ccccc2c1C(=O)[C@H](C)Sc1nncn1-c1cccc(Cl)c1. The molecule has 0 fully saturated rings. The maximum absolute atomic E-state index is 13.1. The van der Waals surface area contributed by atoms with Gasteiger partial charge in [0.15, 0.2) is 10.9 Å². The molecule has 0 bridgehead atoms.